The molecule has 0 N–H and O–H groups in total. The summed E-state index contributed by atoms with van der Waals surface area (Å²) in [6.07, 6.45) is 0. The van der Waals surface area contributed by atoms with Crippen molar-refractivity contribution in [3.05, 3.63) is 145 Å². The number of fused-ring (bicyclic) bond motifs is 9. The van der Waals surface area contributed by atoms with Crippen molar-refractivity contribution in [1.29, 1.82) is 0 Å². The van der Waals surface area contributed by atoms with Crippen LogP contribution in [0.1, 0.15) is 25.0 Å². The van der Waals surface area contributed by atoms with Crippen molar-refractivity contribution in [2.75, 3.05) is 0 Å². The molecule has 2 nitrogen and oxygen atoms in total. The van der Waals surface area contributed by atoms with Crippen molar-refractivity contribution in [2.45, 2.75) is 19.3 Å². The zero-order valence-electron chi connectivity index (χ0n) is 23.1. The molecule has 6 aromatic carbocycles. The molecule has 2 aromatic heterocycles. The molecule has 0 fully saturated rings. The van der Waals surface area contributed by atoms with E-state index in [9.17, 15) is 0 Å². The number of hydrogen-bond acceptors (Lipinski definition) is 0. The number of nitrogens with zero attached hydrogens (tertiary/aromatic N) is 2. The standard InChI is InChI=1S/C39H28N2/c1-39(2)32-19-9-6-15-26(32)30-23-31-28-17-8-11-21-35(28)41(37(31)24-33(30)39)36-22-12-18-29-27-16-7-10-20-34(27)40(38(29)36)25-13-4-3-5-14-25/h3-24H,1-2H3. The lowest BCUT2D eigenvalue weighted by molar-refractivity contribution is 0.661. The molecule has 0 saturated carbocycles. The number of aromatic nitrogens is 2. The average Bonchev–Trinajstić information content (AvgIpc) is 3.61. The van der Waals surface area contributed by atoms with E-state index in [1.807, 2.05) is 0 Å². The minimum absolute atomic E-state index is 0.0631. The highest BCUT2D eigenvalue weighted by Crippen LogP contribution is 2.51. The maximum absolute atomic E-state index is 2.50. The fourth-order valence-corrected chi connectivity index (χ4v) is 7.45. The number of rotatable bonds is 2. The zero-order valence-corrected chi connectivity index (χ0v) is 23.1. The van der Waals surface area contributed by atoms with Gasteiger partial charge in [0.25, 0.3) is 0 Å². The summed E-state index contributed by atoms with van der Waals surface area (Å²) < 4.78 is 4.94. The van der Waals surface area contributed by atoms with E-state index in [4.69, 9.17) is 0 Å². The fourth-order valence-electron chi connectivity index (χ4n) is 7.45. The van der Waals surface area contributed by atoms with Crippen molar-refractivity contribution >= 4 is 43.6 Å². The molecular weight excluding hydrogens is 496 g/mol. The highest BCUT2D eigenvalue weighted by atomic mass is 15.1. The van der Waals surface area contributed by atoms with Gasteiger partial charge in [-0.2, -0.15) is 0 Å². The summed E-state index contributed by atoms with van der Waals surface area (Å²) in [5.41, 5.74) is 12.8. The van der Waals surface area contributed by atoms with Gasteiger partial charge in [0.05, 0.1) is 27.8 Å². The first kappa shape index (κ1) is 22.7. The van der Waals surface area contributed by atoms with Crippen LogP contribution in [0.25, 0.3) is 66.1 Å². The SMILES string of the molecule is CC1(C)c2ccccc2-c2cc3c4ccccc4n(-c4cccc5c6ccccc6n(-c6ccccc6)c45)c3cc21. The Morgan fingerprint density at radius 3 is 1.88 bits per heavy atom. The Bertz CT molecular complexity index is 2330. The Balaban J connectivity index is 1.46. The van der Waals surface area contributed by atoms with Crippen molar-refractivity contribution in [2.24, 2.45) is 0 Å². The average molecular weight is 525 g/mol. The quantitative estimate of drug-likeness (QED) is 0.213. The lowest BCUT2D eigenvalue weighted by Gasteiger charge is -2.22. The molecule has 0 saturated heterocycles. The lowest BCUT2D eigenvalue weighted by atomic mass is 9.82. The predicted octanol–water partition coefficient (Wildman–Crippen LogP) is 10.2. The summed E-state index contributed by atoms with van der Waals surface area (Å²) in [4.78, 5) is 0. The first-order valence-corrected chi connectivity index (χ1v) is 14.4. The van der Waals surface area contributed by atoms with Crippen LogP contribution in [0.3, 0.4) is 0 Å². The molecule has 194 valence electrons. The van der Waals surface area contributed by atoms with Gasteiger partial charge >= 0.3 is 0 Å². The molecule has 2 heterocycles. The van der Waals surface area contributed by atoms with Crippen molar-refractivity contribution in [1.82, 2.24) is 9.13 Å². The summed E-state index contributed by atoms with van der Waals surface area (Å²) in [7, 11) is 0. The van der Waals surface area contributed by atoms with Gasteiger partial charge in [0.2, 0.25) is 0 Å². The van der Waals surface area contributed by atoms with Crippen LogP contribution < -0.4 is 0 Å². The van der Waals surface area contributed by atoms with E-state index in [0.717, 1.165) is 0 Å². The van der Waals surface area contributed by atoms with Crippen LogP contribution in [0.5, 0.6) is 0 Å². The Morgan fingerprint density at radius 2 is 1.07 bits per heavy atom. The van der Waals surface area contributed by atoms with Gasteiger partial charge in [-0.25, -0.2) is 0 Å². The van der Waals surface area contributed by atoms with E-state index in [2.05, 4.69) is 156 Å². The Kier molecular flexibility index (Phi) is 4.42. The Hall–Kier alpha value is -5.08. The third-order valence-corrected chi connectivity index (χ3v) is 9.30. The topological polar surface area (TPSA) is 9.86 Å². The van der Waals surface area contributed by atoms with Gasteiger partial charge in [0, 0.05) is 32.6 Å². The van der Waals surface area contributed by atoms with Gasteiger partial charge in [0.15, 0.2) is 0 Å². The summed E-state index contributed by atoms with van der Waals surface area (Å²) >= 11 is 0. The third-order valence-electron chi connectivity index (χ3n) is 9.30. The van der Waals surface area contributed by atoms with E-state index in [-0.39, 0.29) is 5.41 Å². The first-order chi connectivity index (χ1) is 20.1. The molecule has 8 aromatic rings. The summed E-state index contributed by atoms with van der Waals surface area (Å²) in [5, 5.41) is 5.12. The van der Waals surface area contributed by atoms with Crippen molar-refractivity contribution < 1.29 is 0 Å². The molecule has 0 spiro atoms. The largest absolute Gasteiger partial charge is 0.307 e. The molecular formula is C39H28N2. The van der Waals surface area contributed by atoms with Gasteiger partial charge < -0.3 is 9.13 Å². The molecule has 0 unspecified atom stereocenters. The van der Waals surface area contributed by atoms with Crippen molar-refractivity contribution in [3.63, 3.8) is 0 Å². The molecule has 0 amide bonds. The van der Waals surface area contributed by atoms with Gasteiger partial charge in [-0.3, -0.25) is 0 Å². The smallest absolute Gasteiger partial charge is 0.0782 e. The van der Waals surface area contributed by atoms with Crippen LogP contribution in [0, 0.1) is 0 Å². The summed E-state index contributed by atoms with van der Waals surface area (Å²) in [5.74, 6) is 0. The van der Waals surface area contributed by atoms with Crippen LogP contribution in [0.2, 0.25) is 0 Å². The second-order valence-corrected chi connectivity index (χ2v) is 11.8. The van der Waals surface area contributed by atoms with Crippen LogP contribution in [0.4, 0.5) is 0 Å². The summed E-state index contributed by atoms with van der Waals surface area (Å²) in [6, 6.07) is 49.0. The molecule has 0 bridgehead atoms. The molecule has 0 aliphatic heterocycles. The van der Waals surface area contributed by atoms with E-state index >= 15 is 0 Å². The van der Waals surface area contributed by atoms with E-state index in [1.165, 1.54) is 77.2 Å². The van der Waals surface area contributed by atoms with Crippen LogP contribution in [-0.4, -0.2) is 9.13 Å². The Morgan fingerprint density at radius 1 is 0.439 bits per heavy atom. The van der Waals surface area contributed by atoms with E-state index < -0.39 is 0 Å². The van der Waals surface area contributed by atoms with Gasteiger partial charge in [-0.05, 0) is 64.7 Å². The minimum atomic E-state index is -0.0631. The number of hydrogen-bond donors (Lipinski definition) is 0. The van der Waals surface area contributed by atoms with Crippen LogP contribution in [-0.2, 0) is 5.41 Å². The monoisotopic (exact) mass is 524 g/mol. The molecule has 2 heteroatoms. The van der Waals surface area contributed by atoms with E-state index in [0.29, 0.717) is 0 Å². The fraction of sp³-hybridized carbons (Fsp3) is 0.0769. The molecule has 0 atom stereocenters. The van der Waals surface area contributed by atoms with Crippen LogP contribution in [0.15, 0.2) is 133 Å². The normalized spacial score (nSPS) is 13.8. The molecule has 0 radical (unpaired) electrons. The first-order valence-electron chi connectivity index (χ1n) is 14.4. The lowest BCUT2D eigenvalue weighted by Crippen LogP contribution is -2.15. The second-order valence-electron chi connectivity index (χ2n) is 11.8. The maximum atomic E-state index is 2.50. The van der Waals surface area contributed by atoms with Gasteiger partial charge in [0.1, 0.15) is 0 Å². The van der Waals surface area contributed by atoms with Crippen LogP contribution >= 0.6 is 0 Å². The second kappa shape index (κ2) is 7.99. The zero-order chi connectivity index (χ0) is 27.3. The maximum Gasteiger partial charge on any atom is 0.0782 e. The number of para-hydroxylation sites is 4. The molecule has 41 heavy (non-hydrogen) atoms. The third kappa shape index (κ3) is 2.92. The number of benzene rings is 6. The highest BCUT2D eigenvalue weighted by Gasteiger charge is 2.36. The Labute approximate surface area is 238 Å². The molecule has 1 aliphatic carbocycles. The molecule has 1 aliphatic rings. The van der Waals surface area contributed by atoms with Crippen molar-refractivity contribution in [3.8, 4) is 22.5 Å². The predicted molar refractivity (Wildman–Crippen MR) is 173 cm³/mol. The minimum Gasteiger partial charge on any atom is -0.307 e. The molecule has 9 rings (SSSR count). The summed E-state index contributed by atoms with van der Waals surface area (Å²) in [6.45, 7) is 4.73. The van der Waals surface area contributed by atoms with Gasteiger partial charge in [-0.1, -0.05) is 105 Å². The highest BCUT2D eigenvalue weighted by molar-refractivity contribution is 6.16. The van der Waals surface area contributed by atoms with E-state index in [1.54, 1.807) is 0 Å². The van der Waals surface area contributed by atoms with Gasteiger partial charge in [-0.15, -0.1) is 0 Å².